The molecule has 1 fully saturated rings. The minimum absolute atomic E-state index is 0.217. The lowest BCUT2D eigenvalue weighted by atomic mass is 10.0. The Balaban J connectivity index is 1.64. The third-order valence-corrected chi connectivity index (χ3v) is 5.25. The molecule has 0 spiro atoms. The van der Waals surface area contributed by atoms with E-state index in [-0.39, 0.29) is 12.0 Å². The predicted octanol–water partition coefficient (Wildman–Crippen LogP) is 4.15. The first-order chi connectivity index (χ1) is 13.6. The molecule has 1 aromatic heterocycles. The molecule has 3 rings (SSSR count). The molecule has 2 heterocycles. The third-order valence-electron chi connectivity index (χ3n) is 4.29. The summed E-state index contributed by atoms with van der Waals surface area (Å²) < 4.78 is 16.2. The maximum absolute atomic E-state index is 12.0. The van der Waals surface area contributed by atoms with E-state index in [1.807, 2.05) is 33.8 Å². The van der Waals surface area contributed by atoms with Crippen molar-refractivity contribution in [2.75, 3.05) is 26.8 Å². The molecule has 8 heteroatoms. The molecule has 156 valence electrons. The summed E-state index contributed by atoms with van der Waals surface area (Å²) in [7, 11) is 1.35. The second-order valence-corrected chi connectivity index (χ2v) is 9.31. The van der Waals surface area contributed by atoms with Crippen molar-refractivity contribution < 1.29 is 23.8 Å². The number of carbonyl (C=O) groups is 2. The predicted molar refractivity (Wildman–Crippen MR) is 110 cm³/mol. The van der Waals surface area contributed by atoms with Crippen LogP contribution in [-0.2, 0) is 9.47 Å². The van der Waals surface area contributed by atoms with E-state index >= 15 is 0 Å². The van der Waals surface area contributed by atoms with Crippen LogP contribution in [-0.4, -0.2) is 54.4 Å². The fourth-order valence-electron chi connectivity index (χ4n) is 2.89. The Kier molecular flexibility index (Phi) is 6.12. The highest BCUT2D eigenvalue weighted by atomic mass is 32.1. The van der Waals surface area contributed by atoms with Gasteiger partial charge in [0, 0.05) is 35.6 Å². The summed E-state index contributed by atoms with van der Waals surface area (Å²) in [5.41, 5.74) is 0.722. The maximum atomic E-state index is 12.0. The molecule has 2 aromatic rings. The summed E-state index contributed by atoms with van der Waals surface area (Å²) in [5, 5.41) is 0.817. The molecule has 29 heavy (non-hydrogen) atoms. The number of aromatic nitrogens is 1. The molecular weight excluding hydrogens is 392 g/mol. The third kappa shape index (κ3) is 5.47. The smallest absolute Gasteiger partial charge is 0.410 e. The molecule has 0 atom stereocenters. The first kappa shape index (κ1) is 21.1. The minimum Gasteiger partial charge on any atom is -0.493 e. The Morgan fingerprint density at radius 3 is 2.55 bits per heavy atom. The highest BCUT2D eigenvalue weighted by Gasteiger charge is 2.34. The van der Waals surface area contributed by atoms with Crippen LogP contribution < -0.4 is 4.74 Å². The highest BCUT2D eigenvalue weighted by Crippen LogP contribution is 2.30. The Morgan fingerprint density at radius 1 is 1.24 bits per heavy atom. The van der Waals surface area contributed by atoms with Crippen LogP contribution in [0.25, 0.3) is 10.6 Å². The molecule has 1 saturated heterocycles. The maximum Gasteiger partial charge on any atom is 0.410 e. The van der Waals surface area contributed by atoms with Crippen LogP contribution >= 0.6 is 11.3 Å². The number of aryl methyl sites for hydroxylation is 1. The van der Waals surface area contributed by atoms with Gasteiger partial charge in [-0.1, -0.05) is 0 Å². The lowest BCUT2D eigenvalue weighted by Crippen LogP contribution is -2.53. The topological polar surface area (TPSA) is 78.0 Å². The molecule has 1 aliphatic rings. The number of amides is 1. The molecule has 0 saturated carbocycles. The quantitative estimate of drug-likeness (QED) is 0.679. The Labute approximate surface area is 174 Å². The molecule has 0 N–H and O–H groups in total. The number of carbonyl (C=O) groups excluding carboxylic acids is 2. The van der Waals surface area contributed by atoms with E-state index in [9.17, 15) is 9.59 Å². The van der Waals surface area contributed by atoms with E-state index in [2.05, 4.69) is 4.98 Å². The second kappa shape index (κ2) is 8.41. The number of hydrogen-bond donors (Lipinski definition) is 0. The fraction of sp³-hybridized carbons (Fsp3) is 0.476. The van der Waals surface area contributed by atoms with Crippen LogP contribution in [0.3, 0.4) is 0 Å². The normalized spacial score (nSPS) is 14.3. The lowest BCUT2D eigenvalue weighted by molar-refractivity contribution is -0.00784. The van der Waals surface area contributed by atoms with Gasteiger partial charge in [-0.15, -0.1) is 11.3 Å². The van der Waals surface area contributed by atoms with Crippen LogP contribution in [0.2, 0.25) is 0 Å². The van der Waals surface area contributed by atoms with Crippen LogP contribution in [0, 0.1) is 12.8 Å². The number of benzene rings is 1. The van der Waals surface area contributed by atoms with Crippen molar-refractivity contribution in [1.82, 2.24) is 9.88 Å². The van der Waals surface area contributed by atoms with Crippen molar-refractivity contribution >= 4 is 23.4 Å². The summed E-state index contributed by atoms with van der Waals surface area (Å²) in [5.74, 6) is 0.367. The minimum atomic E-state index is -0.502. The molecule has 0 radical (unpaired) electrons. The van der Waals surface area contributed by atoms with Gasteiger partial charge in [0.1, 0.15) is 16.4 Å². The summed E-state index contributed by atoms with van der Waals surface area (Å²) in [4.78, 5) is 31.2. The molecule has 0 bridgehead atoms. The van der Waals surface area contributed by atoms with E-state index in [1.54, 1.807) is 34.6 Å². The molecule has 1 amide bonds. The standard InChI is InChI=1S/C21H26N2O5S/c1-13-9-22-18(29-13)15-6-16(19(24)26-5)8-17(7-15)27-12-14-10-23(11-14)20(25)28-21(2,3)4/h6-9,14H,10-12H2,1-5H3. The zero-order chi connectivity index (χ0) is 21.2. The SMILES string of the molecule is COC(=O)c1cc(OCC2CN(C(=O)OC(C)(C)C)C2)cc(-c2ncc(C)s2)c1. The first-order valence-electron chi connectivity index (χ1n) is 9.41. The highest BCUT2D eigenvalue weighted by molar-refractivity contribution is 7.14. The monoisotopic (exact) mass is 418 g/mol. The van der Waals surface area contributed by atoms with E-state index in [4.69, 9.17) is 14.2 Å². The van der Waals surface area contributed by atoms with Crippen molar-refractivity contribution in [2.24, 2.45) is 5.92 Å². The molecular formula is C21H26N2O5S. The van der Waals surface area contributed by atoms with Crippen LogP contribution in [0.15, 0.2) is 24.4 Å². The number of thiazole rings is 1. The number of esters is 1. The van der Waals surface area contributed by atoms with E-state index in [0.717, 1.165) is 15.4 Å². The molecule has 7 nitrogen and oxygen atoms in total. The summed E-state index contributed by atoms with van der Waals surface area (Å²) >= 11 is 1.55. The van der Waals surface area contributed by atoms with Gasteiger partial charge in [0.05, 0.1) is 19.3 Å². The number of methoxy groups -OCH3 is 1. The second-order valence-electron chi connectivity index (χ2n) is 8.08. The molecule has 1 aliphatic heterocycles. The summed E-state index contributed by atoms with van der Waals surface area (Å²) in [6.07, 6.45) is 1.49. The van der Waals surface area contributed by atoms with Gasteiger partial charge in [0.15, 0.2) is 0 Å². The first-order valence-corrected chi connectivity index (χ1v) is 10.2. The number of ether oxygens (including phenoxy) is 3. The van der Waals surface area contributed by atoms with Gasteiger partial charge in [-0.3, -0.25) is 0 Å². The Hall–Kier alpha value is -2.61. The molecule has 1 aromatic carbocycles. The van der Waals surface area contributed by atoms with Gasteiger partial charge in [0.25, 0.3) is 0 Å². The van der Waals surface area contributed by atoms with E-state index in [0.29, 0.717) is 31.0 Å². The van der Waals surface area contributed by atoms with Gasteiger partial charge in [-0.05, 0) is 45.9 Å². The number of hydrogen-bond acceptors (Lipinski definition) is 7. The van der Waals surface area contributed by atoms with Crippen molar-refractivity contribution in [3.05, 3.63) is 34.8 Å². The van der Waals surface area contributed by atoms with Crippen molar-refractivity contribution in [3.8, 4) is 16.3 Å². The van der Waals surface area contributed by atoms with Gasteiger partial charge in [-0.2, -0.15) is 0 Å². The molecule has 0 aliphatic carbocycles. The molecule has 0 unspecified atom stereocenters. The number of nitrogens with zero attached hydrogens (tertiary/aromatic N) is 2. The Morgan fingerprint density at radius 2 is 1.97 bits per heavy atom. The van der Waals surface area contributed by atoms with Gasteiger partial charge in [0.2, 0.25) is 0 Å². The number of rotatable bonds is 5. The zero-order valence-corrected chi connectivity index (χ0v) is 18.2. The van der Waals surface area contributed by atoms with Crippen molar-refractivity contribution in [1.29, 1.82) is 0 Å². The van der Waals surface area contributed by atoms with Gasteiger partial charge in [-0.25, -0.2) is 14.6 Å². The summed E-state index contributed by atoms with van der Waals surface area (Å²) in [6, 6.07) is 5.29. The van der Waals surface area contributed by atoms with Gasteiger partial charge < -0.3 is 19.1 Å². The van der Waals surface area contributed by atoms with Gasteiger partial charge >= 0.3 is 12.1 Å². The lowest BCUT2D eigenvalue weighted by Gasteiger charge is -2.39. The van der Waals surface area contributed by atoms with Crippen LogP contribution in [0.4, 0.5) is 4.79 Å². The fourth-order valence-corrected chi connectivity index (χ4v) is 3.65. The average molecular weight is 419 g/mol. The largest absolute Gasteiger partial charge is 0.493 e. The van der Waals surface area contributed by atoms with E-state index in [1.165, 1.54) is 7.11 Å². The average Bonchev–Trinajstić information content (AvgIpc) is 3.04. The Bertz CT molecular complexity index is 897. The number of likely N-dealkylation sites (tertiary alicyclic amines) is 1. The van der Waals surface area contributed by atoms with Crippen molar-refractivity contribution in [3.63, 3.8) is 0 Å². The van der Waals surface area contributed by atoms with E-state index < -0.39 is 11.6 Å². The zero-order valence-electron chi connectivity index (χ0n) is 17.4. The van der Waals surface area contributed by atoms with Crippen LogP contribution in [0.5, 0.6) is 5.75 Å². The van der Waals surface area contributed by atoms with Crippen LogP contribution in [0.1, 0.15) is 36.0 Å². The summed E-state index contributed by atoms with van der Waals surface area (Å²) in [6.45, 7) is 9.15. The van der Waals surface area contributed by atoms with Crippen molar-refractivity contribution in [2.45, 2.75) is 33.3 Å².